The number of anilines is 1. The molecule has 0 unspecified atom stereocenters. The Morgan fingerprint density at radius 2 is 2.05 bits per heavy atom. The number of hydrogen-bond acceptors (Lipinski definition) is 3. The van der Waals surface area contributed by atoms with E-state index in [1.54, 1.807) is 4.90 Å². The SMILES string of the molecule is CCNC(=O)C1CCN(C(=O)c2ccc(N)cc2F)CC1. The van der Waals surface area contributed by atoms with Crippen LogP contribution in [0.25, 0.3) is 0 Å². The lowest BCUT2D eigenvalue weighted by Crippen LogP contribution is -2.43. The number of rotatable bonds is 3. The molecule has 1 aliphatic rings. The summed E-state index contributed by atoms with van der Waals surface area (Å²) in [6.45, 7) is 3.41. The predicted octanol–water partition coefficient (Wildman–Crippen LogP) is 1.40. The molecule has 0 atom stereocenters. The maximum atomic E-state index is 13.8. The van der Waals surface area contributed by atoms with E-state index in [1.807, 2.05) is 6.92 Å². The van der Waals surface area contributed by atoms with E-state index in [-0.39, 0.29) is 23.3 Å². The van der Waals surface area contributed by atoms with E-state index < -0.39 is 5.82 Å². The molecule has 0 bridgehead atoms. The summed E-state index contributed by atoms with van der Waals surface area (Å²) in [5.74, 6) is -0.985. The number of nitrogen functional groups attached to an aromatic ring is 1. The first-order valence-corrected chi connectivity index (χ1v) is 7.15. The maximum Gasteiger partial charge on any atom is 0.256 e. The molecule has 21 heavy (non-hydrogen) atoms. The van der Waals surface area contributed by atoms with E-state index in [9.17, 15) is 14.0 Å². The lowest BCUT2D eigenvalue weighted by atomic mass is 9.95. The van der Waals surface area contributed by atoms with Crippen LogP contribution in [0.2, 0.25) is 0 Å². The first-order valence-electron chi connectivity index (χ1n) is 7.15. The Morgan fingerprint density at radius 3 is 2.62 bits per heavy atom. The fourth-order valence-electron chi connectivity index (χ4n) is 2.54. The lowest BCUT2D eigenvalue weighted by molar-refractivity contribution is -0.126. The highest BCUT2D eigenvalue weighted by Crippen LogP contribution is 2.21. The van der Waals surface area contributed by atoms with Gasteiger partial charge in [0.25, 0.3) is 5.91 Å². The third kappa shape index (κ3) is 3.51. The van der Waals surface area contributed by atoms with E-state index in [0.717, 1.165) is 6.07 Å². The van der Waals surface area contributed by atoms with Crippen molar-refractivity contribution in [2.24, 2.45) is 5.92 Å². The van der Waals surface area contributed by atoms with Crippen LogP contribution in [0.4, 0.5) is 10.1 Å². The van der Waals surface area contributed by atoms with Crippen molar-refractivity contribution in [3.8, 4) is 0 Å². The minimum absolute atomic E-state index is 0.0284. The quantitative estimate of drug-likeness (QED) is 0.827. The zero-order valence-corrected chi connectivity index (χ0v) is 12.1. The molecule has 6 heteroatoms. The van der Waals surface area contributed by atoms with E-state index in [0.29, 0.717) is 38.2 Å². The highest BCUT2D eigenvalue weighted by Gasteiger charge is 2.28. The van der Waals surface area contributed by atoms with Crippen molar-refractivity contribution in [3.05, 3.63) is 29.6 Å². The van der Waals surface area contributed by atoms with Gasteiger partial charge in [0, 0.05) is 31.2 Å². The number of benzene rings is 1. The number of nitrogens with two attached hydrogens (primary N) is 1. The minimum Gasteiger partial charge on any atom is -0.399 e. The first kappa shape index (κ1) is 15.3. The summed E-state index contributed by atoms with van der Waals surface area (Å²) in [6.07, 6.45) is 1.21. The molecule has 0 aromatic heterocycles. The van der Waals surface area contributed by atoms with Crippen molar-refractivity contribution in [2.45, 2.75) is 19.8 Å². The normalized spacial score (nSPS) is 15.8. The van der Waals surface area contributed by atoms with Crippen LogP contribution in [0.3, 0.4) is 0 Å². The molecule has 1 aliphatic heterocycles. The molecule has 0 saturated carbocycles. The van der Waals surface area contributed by atoms with E-state index in [4.69, 9.17) is 5.73 Å². The van der Waals surface area contributed by atoms with Gasteiger partial charge in [0.15, 0.2) is 0 Å². The molecule has 3 N–H and O–H groups in total. The summed E-state index contributed by atoms with van der Waals surface area (Å²) in [5, 5.41) is 2.79. The van der Waals surface area contributed by atoms with Gasteiger partial charge in [-0.05, 0) is 38.0 Å². The Labute approximate surface area is 123 Å². The Bertz CT molecular complexity index is 540. The predicted molar refractivity (Wildman–Crippen MR) is 78.1 cm³/mol. The summed E-state index contributed by atoms with van der Waals surface area (Å²) in [7, 11) is 0. The fourth-order valence-corrected chi connectivity index (χ4v) is 2.54. The summed E-state index contributed by atoms with van der Waals surface area (Å²) in [6, 6.07) is 4.06. The van der Waals surface area contributed by atoms with Gasteiger partial charge in [0.1, 0.15) is 5.82 Å². The number of carbonyl (C=O) groups excluding carboxylic acids is 2. The number of halogens is 1. The molecule has 1 aromatic carbocycles. The standard InChI is InChI=1S/C15H20FN3O2/c1-2-18-14(20)10-5-7-19(8-6-10)15(21)12-4-3-11(17)9-13(12)16/h3-4,9-10H,2,5-8,17H2,1H3,(H,18,20). The Morgan fingerprint density at radius 1 is 1.38 bits per heavy atom. The molecule has 2 rings (SSSR count). The van der Waals surface area contributed by atoms with Gasteiger partial charge in [-0.1, -0.05) is 0 Å². The lowest BCUT2D eigenvalue weighted by Gasteiger charge is -2.31. The Hall–Kier alpha value is -2.11. The number of piperidine rings is 1. The monoisotopic (exact) mass is 293 g/mol. The van der Waals surface area contributed by atoms with Crippen LogP contribution in [0.15, 0.2) is 18.2 Å². The van der Waals surface area contributed by atoms with Crippen LogP contribution >= 0.6 is 0 Å². The Kier molecular flexibility index (Phi) is 4.77. The number of carbonyl (C=O) groups is 2. The topological polar surface area (TPSA) is 75.4 Å². The molecular formula is C15H20FN3O2. The molecule has 5 nitrogen and oxygen atoms in total. The molecule has 114 valence electrons. The fraction of sp³-hybridized carbons (Fsp3) is 0.467. The number of hydrogen-bond donors (Lipinski definition) is 2. The third-order valence-corrected chi connectivity index (χ3v) is 3.73. The van der Waals surface area contributed by atoms with Gasteiger partial charge in [-0.15, -0.1) is 0 Å². The number of nitrogens with zero attached hydrogens (tertiary/aromatic N) is 1. The Balaban J connectivity index is 1.98. The van der Waals surface area contributed by atoms with E-state index in [2.05, 4.69) is 5.32 Å². The van der Waals surface area contributed by atoms with Gasteiger partial charge in [0.2, 0.25) is 5.91 Å². The van der Waals surface area contributed by atoms with Crippen LogP contribution < -0.4 is 11.1 Å². The van der Waals surface area contributed by atoms with Gasteiger partial charge in [-0.2, -0.15) is 0 Å². The van der Waals surface area contributed by atoms with Crippen LogP contribution in [-0.2, 0) is 4.79 Å². The molecule has 0 spiro atoms. The molecule has 1 fully saturated rings. The van der Waals surface area contributed by atoms with Crippen molar-refractivity contribution in [2.75, 3.05) is 25.4 Å². The molecule has 0 radical (unpaired) electrons. The highest BCUT2D eigenvalue weighted by atomic mass is 19.1. The van der Waals surface area contributed by atoms with Gasteiger partial charge < -0.3 is 16.0 Å². The van der Waals surface area contributed by atoms with Crippen molar-refractivity contribution >= 4 is 17.5 Å². The van der Waals surface area contributed by atoms with Crippen LogP contribution in [0, 0.1) is 11.7 Å². The van der Waals surface area contributed by atoms with E-state index >= 15 is 0 Å². The zero-order valence-electron chi connectivity index (χ0n) is 12.1. The molecule has 1 heterocycles. The smallest absolute Gasteiger partial charge is 0.256 e. The summed E-state index contributed by atoms with van der Waals surface area (Å²) in [5.41, 5.74) is 5.80. The second kappa shape index (κ2) is 6.56. The van der Waals surface area contributed by atoms with Crippen LogP contribution in [0.5, 0.6) is 0 Å². The highest BCUT2D eigenvalue weighted by molar-refractivity contribution is 5.95. The average Bonchev–Trinajstić information content (AvgIpc) is 2.47. The third-order valence-electron chi connectivity index (χ3n) is 3.73. The first-order chi connectivity index (χ1) is 10.0. The summed E-state index contributed by atoms with van der Waals surface area (Å²) < 4.78 is 13.8. The van der Waals surface area contributed by atoms with Gasteiger partial charge >= 0.3 is 0 Å². The molecule has 1 saturated heterocycles. The van der Waals surface area contributed by atoms with Gasteiger partial charge in [-0.25, -0.2) is 4.39 Å². The zero-order chi connectivity index (χ0) is 15.4. The van der Waals surface area contributed by atoms with Crippen LogP contribution in [0.1, 0.15) is 30.1 Å². The number of amides is 2. The molecule has 2 amide bonds. The van der Waals surface area contributed by atoms with Crippen molar-refractivity contribution in [3.63, 3.8) is 0 Å². The van der Waals surface area contributed by atoms with Crippen molar-refractivity contribution < 1.29 is 14.0 Å². The minimum atomic E-state index is -0.606. The maximum absolute atomic E-state index is 13.8. The molecule has 1 aromatic rings. The largest absolute Gasteiger partial charge is 0.399 e. The van der Waals surface area contributed by atoms with Crippen molar-refractivity contribution in [1.29, 1.82) is 0 Å². The van der Waals surface area contributed by atoms with Gasteiger partial charge in [-0.3, -0.25) is 9.59 Å². The van der Waals surface area contributed by atoms with Crippen LogP contribution in [-0.4, -0.2) is 36.3 Å². The molecule has 0 aliphatic carbocycles. The van der Waals surface area contributed by atoms with Crippen molar-refractivity contribution in [1.82, 2.24) is 10.2 Å². The van der Waals surface area contributed by atoms with E-state index in [1.165, 1.54) is 12.1 Å². The second-order valence-electron chi connectivity index (χ2n) is 5.20. The second-order valence-corrected chi connectivity index (χ2v) is 5.20. The average molecular weight is 293 g/mol. The number of likely N-dealkylation sites (tertiary alicyclic amines) is 1. The van der Waals surface area contributed by atoms with Gasteiger partial charge in [0.05, 0.1) is 5.56 Å². The summed E-state index contributed by atoms with van der Waals surface area (Å²) in [4.78, 5) is 25.6. The molecular weight excluding hydrogens is 273 g/mol. The summed E-state index contributed by atoms with van der Waals surface area (Å²) >= 11 is 0. The number of nitrogens with one attached hydrogen (secondary N) is 1.